The molecule has 1 fully saturated rings. The fourth-order valence-corrected chi connectivity index (χ4v) is 3.18. The summed E-state index contributed by atoms with van der Waals surface area (Å²) in [6.07, 6.45) is 12.8. The molecule has 2 aliphatic rings. The van der Waals surface area contributed by atoms with E-state index in [1.54, 1.807) is 4.68 Å². The highest BCUT2D eigenvalue weighted by Crippen LogP contribution is 2.29. The van der Waals surface area contributed by atoms with Crippen molar-refractivity contribution in [3.8, 4) is 0 Å². The lowest BCUT2D eigenvalue weighted by Gasteiger charge is -2.33. The Bertz CT molecular complexity index is 523. The third-order valence-corrected chi connectivity index (χ3v) is 4.34. The van der Waals surface area contributed by atoms with Crippen molar-refractivity contribution in [1.82, 2.24) is 15.1 Å². The number of aromatic nitrogens is 2. The maximum Gasteiger partial charge on any atom is 0.223 e. The van der Waals surface area contributed by atoms with Crippen molar-refractivity contribution in [3.63, 3.8) is 0 Å². The molecule has 3 atom stereocenters. The zero-order valence-corrected chi connectivity index (χ0v) is 12.5. The normalized spacial score (nSPS) is 29.3. The number of amides is 1. The predicted molar refractivity (Wildman–Crippen MR) is 79.5 cm³/mol. The summed E-state index contributed by atoms with van der Waals surface area (Å²) >= 11 is 0. The van der Waals surface area contributed by atoms with Crippen LogP contribution in [0.4, 0.5) is 0 Å². The van der Waals surface area contributed by atoms with Crippen molar-refractivity contribution in [1.29, 1.82) is 0 Å². The maximum absolute atomic E-state index is 12.4. The van der Waals surface area contributed by atoms with Crippen LogP contribution in [-0.2, 0) is 16.6 Å². The Kier molecular flexibility index (Phi) is 4.39. The molecule has 1 saturated heterocycles. The molecule has 1 aliphatic carbocycles. The van der Waals surface area contributed by atoms with E-state index < -0.39 is 0 Å². The summed E-state index contributed by atoms with van der Waals surface area (Å²) in [6, 6.07) is 0.0568. The molecular weight excluding hydrogens is 266 g/mol. The number of carbonyl (C=O) groups excluding carboxylic acids is 1. The molecule has 1 aromatic heterocycles. The van der Waals surface area contributed by atoms with Gasteiger partial charge in [-0.3, -0.25) is 9.48 Å². The Morgan fingerprint density at radius 3 is 3.05 bits per heavy atom. The molecule has 0 aromatic carbocycles. The average Bonchev–Trinajstić information content (AvgIpc) is 2.95. The van der Waals surface area contributed by atoms with Gasteiger partial charge >= 0.3 is 0 Å². The van der Waals surface area contributed by atoms with Gasteiger partial charge in [-0.15, -0.1) is 0 Å². The number of rotatable bonds is 3. The van der Waals surface area contributed by atoms with Crippen LogP contribution in [-0.4, -0.2) is 28.3 Å². The van der Waals surface area contributed by atoms with Gasteiger partial charge in [0.05, 0.1) is 12.2 Å². The second-order valence-corrected chi connectivity index (χ2v) is 5.98. The molecule has 114 valence electrons. The number of allylic oxidation sites excluding steroid dienone is 2. The molecule has 0 bridgehead atoms. The molecule has 1 N–H and O–H groups in total. The van der Waals surface area contributed by atoms with Crippen LogP contribution >= 0.6 is 0 Å². The predicted octanol–water partition coefficient (Wildman–Crippen LogP) is 2.11. The Morgan fingerprint density at radius 1 is 1.43 bits per heavy atom. The molecule has 1 amide bonds. The smallest absolute Gasteiger partial charge is 0.223 e. The fourth-order valence-electron chi connectivity index (χ4n) is 3.18. The van der Waals surface area contributed by atoms with Crippen LogP contribution in [0.3, 0.4) is 0 Å². The summed E-state index contributed by atoms with van der Waals surface area (Å²) in [5.41, 5.74) is 1.05. The molecule has 5 nitrogen and oxygen atoms in total. The number of ether oxygens (including phenoxy) is 1. The van der Waals surface area contributed by atoms with Gasteiger partial charge in [0, 0.05) is 31.3 Å². The van der Waals surface area contributed by atoms with E-state index in [4.69, 9.17) is 4.74 Å². The standard InChI is InChI=1S/C16H23N3O2/c1-19-11-13(10-17-19)15-14(8-5-9-21-15)18-16(20)12-6-3-2-4-7-12/h2-3,10-12,14-15H,4-9H2,1H3,(H,18,20)/t12-,14-,15+/m0/s1. The summed E-state index contributed by atoms with van der Waals surface area (Å²) in [6.45, 7) is 0.748. The van der Waals surface area contributed by atoms with Crippen molar-refractivity contribution in [2.24, 2.45) is 13.0 Å². The van der Waals surface area contributed by atoms with Gasteiger partial charge in [-0.25, -0.2) is 0 Å². The van der Waals surface area contributed by atoms with E-state index in [0.29, 0.717) is 0 Å². The highest BCUT2D eigenvalue weighted by atomic mass is 16.5. The monoisotopic (exact) mass is 289 g/mol. The quantitative estimate of drug-likeness (QED) is 0.867. The van der Waals surface area contributed by atoms with Crippen LogP contribution < -0.4 is 5.32 Å². The summed E-state index contributed by atoms with van der Waals surface area (Å²) in [7, 11) is 1.90. The topological polar surface area (TPSA) is 56.1 Å². The van der Waals surface area contributed by atoms with Crippen LogP contribution in [0.25, 0.3) is 0 Å². The van der Waals surface area contributed by atoms with E-state index in [2.05, 4.69) is 22.6 Å². The van der Waals surface area contributed by atoms with Crippen LogP contribution in [0, 0.1) is 5.92 Å². The molecule has 0 saturated carbocycles. The van der Waals surface area contributed by atoms with Gasteiger partial charge in [0.2, 0.25) is 5.91 Å². The number of hydrogen-bond acceptors (Lipinski definition) is 3. The van der Waals surface area contributed by atoms with Gasteiger partial charge in [-0.2, -0.15) is 5.10 Å². The van der Waals surface area contributed by atoms with Gasteiger partial charge in [0.25, 0.3) is 0 Å². The third kappa shape index (κ3) is 3.35. The van der Waals surface area contributed by atoms with Gasteiger partial charge in [-0.05, 0) is 32.1 Å². The average molecular weight is 289 g/mol. The maximum atomic E-state index is 12.4. The van der Waals surface area contributed by atoms with E-state index >= 15 is 0 Å². The van der Waals surface area contributed by atoms with E-state index in [1.165, 1.54) is 0 Å². The lowest BCUT2D eigenvalue weighted by molar-refractivity contribution is -0.128. The van der Waals surface area contributed by atoms with E-state index in [-0.39, 0.29) is 24.0 Å². The summed E-state index contributed by atoms with van der Waals surface area (Å²) in [5.74, 6) is 0.287. The molecule has 0 unspecified atom stereocenters. The van der Waals surface area contributed by atoms with Crippen molar-refractivity contribution in [2.45, 2.75) is 44.2 Å². The number of nitrogens with zero attached hydrogens (tertiary/aromatic N) is 2. The van der Waals surface area contributed by atoms with Crippen LogP contribution in [0.15, 0.2) is 24.5 Å². The minimum atomic E-state index is -0.0736. The first-order chi connectivity index (χ1) is 10.2. The number of aryl methyl sites for hydroxylation is 1. The molecular formula is C16H23N3O2. The lowest BCUT2D eigenvalue weighted by Crippen LogP contribution is -2.45. The number of hydrogen-bond donors (Lipinski definition) is 1. The lowest BCUT2D eigenvalue weighted by atomic mass is 9.92. The zero-order valence-electron chi connectivity index (χ0n) is 12.5. The number of carbonyl (C=O) groups is 1. The first kappa shape index (κ1) is 14.3. The van der Waals surface area contributed by atoms with Gasteiger partial charge in [0.15, 0.2) is 0 Å². The molecule has 21 heavy (non-hydrogen) atoms. The molecule has 1 aromatic rings. The largest absolute Gasteiger partial charge is 0.371 e. The first-order valence-corrected chi connectivity index (χ1v) is 7.79. The van der Waals surface area contributed by atoms with E-state index in [9.17, 15) is 4.79 Å². The highest BCUT2D eigenvalue weighted by molar-refractivity contribution is 5.79. The Morgan fingerprint density at radius 2 is 2.33 bits per heavy atom. The Hall–Kier alpha value is -1.62. The van der Waals surface area contributed by atoms with Crippen molar-refractivity contribution in [3.05, 3.63) is 30.1 Å². The van der Waals surface area contributed by atoms with E-state index in [0.717, 1.165) is 44.3 Å². The summed E-state index contributed by atoms with van der Waals surface area (Å²) in [5, 5.41) is 7.42. The van der Waals surface area contributed by atoms with Gasteiger partial charge in [0.1, 0.15) is 6.10 Å². The molecule has 1 aliphatic heterocycles. The van der Waals surface area contributed by atoms with Crippen LogP contribution in [0.2, 0.25) is 0 Å². The molecule has 0 spiro atoms. The van der Waals surface area contributed by atoms with Gasteiger partial charge < -0.3 is 10.1 Å². The van der Waals surface area contributed by atoms with Crippen molar-refractivity contribution < 1.29 is 9.53 Å². The Labute approximate surface area is 125 Å². The molecule has 5 heteroatoms. The molecule has 2 heterocycles. The highest BCUT2D eigenvalue weighted by Gasteiger charge is 2.31. The zero-order chi connectivity index (χ0) is 14.7. The van der Waals surface area contributed by atoms with Crippen LogP contribution in [0.1, 0.15) is 43.8 Å². The second-order valence-electron chi connectivity index (χ2n) is 5.98. The minimum absolute atomic E-state index is 0.0568. The van der Waals surface area contributed by atoms with Crippen LogP contribution in [0.5, 0.6) is 0 Å². The summed E-state index contributed by atoms with van der Waals surface area (Å²) < 4.78 is 7.67. The SMILES string of the molecule is Cn1cc([C@H]2OCCC[C@@H]2NC(=O)[C@H]2CC=CCC2)cn1. The molecule has 3 rings (SSSR count). The van der Waals surface area contributed by atoms with E-state index in [1.807, 2.05) is 19.4 Å². The number of nitrogens with one attached hydrogen (secondary N) is 1. The second kappa shape index (κ2) is 6.43. The third-order valence-electron chi connectivity index (χ3n) is 4.34. The van der Waals surface area contributed by atoms with Crippen molar-refractivity contribution >= 4 is 5.91 Å². The minimum Gasteiger partial charge on any atom is -0.371 e. The first-order valence-electron chi connectivity index (χ1n) is 7.79. The summed E-state index contributed by atoms with van der Waals surface area (Å²) in [4.78, 5) is 12.4. The van der Waals surface area contributed by atoms with Crippen molar-refractivity contribution in [2.75, 3.05) is 6.61 Å². The van der Waals surface area contributed by atoms with Gasteiger partial charge in [-0.1, -0.05) is 12.2 Å². The Balaban J connectivity index is 1.66. The molecule has 0 radical (unpaired) electrons. The fraction of sp³-hybridized carbons (Fsp3) is 0.625.